The van der Waals surface area contributed by atoms with E-state index in [2.05, 4.69) is 4.90 Å². The zero-order chi connectivity index (χ0) is 19.1. The summed E-state index contributed by atoms with van der Waals surface area (Å²) in [6.45, 7) is 1.55. The molecule has 2 nitrogen and oxygen atoms in total. The molecule has 0 spiro atoms. The second-order valence-electron chi connectivity index (χ2n) is 8.92. The maximum Gasteiger partial charge on any atom is 0.416 e. The summed E-state index contributed by atoms with van der Waals surface area (Å²) >= 11 is 0. The van der Waals surface area contributed by atoms with Crippen LogP contribution in [-0.4, -0.2) is 29.1 Å². The van der Waals surface area contributed by atoms with E-state index in [1.807, 2.05) is 0 Å². The topological polar surface area (TPSA) is 23.5 Å². The third kappa shape index (κ3) is 4.04. The van der Waals surface area contributed by atoms with E-state index in [0.717, 1.165) is 37.1 Å². The third-order valence-corrected chi connectivity index (χ3v) is 7.38. The zero-order valence-corrected chi connectivity index (χ0v) is 15.8. The summed E-state index contributed by atoms with van der Waals surface area (Å²) < 4.78 is 39.0. The number of piperidine rings is 1. The number of aliphatic hydroxyl groups is 1. The summed E-state index contributed by atoms with van der Waals surface area (Å²) in [6, 6.07) is 5.84. The van der Waals surface area contributed by atoms with Gasteiger partial charge in [-0.2, -0.15) is 13.2 Å². The van der Waals surface area contributed by atoms with Gasteiger partial charge in [-0.3, -0.25) is 0 Å². The van der Waals surface area contributed by atoms with Crippen molar-refractivity contribution in [1.29, 1.82) is 0 Å². The molecule has 1 saturated heterocycles. The van der Waals surface area contributed by atoms with E-state index in [1.165, 1.54) is 51.0 Å². The molecule has 0 aromatic heterocycles. The van der Waals surface area contributed by atoms with E-state index < -0.39 is 17.3 Å². The second-order valence-corrected chi connectivity index (χ2v) is 8.92. The molecule has 0 amide bonds. The molecule has 0 bridgehead atoms. The van der Waals surface area contributed by atoms with Crippen molar-refractivity contribution in [3.8, 4) is 0 Å². The van der Waals surface area contributed by atoms with Gasteiger partial charge >= 0.3 is 6.18 Å². The van der Waals surface area contributed by atoms with Gasteiger partial charge < -0.3 is 10.0 Å². The first-order chi connectivity index (χ1) is 12.9. The number of hydrogen-bond donors (Lipinski definition) is 1. The van der Waals surface area contributed by atoms with E-state index in [0.29, 0.717) is 24.4 Å². The minimum absolute atomic E-state index is 0.410. The first-order valence-corrected chi connectivity index (χ1v) is 10.5. The molecule has 3 fully saturated rings. The van der Waals surface area contributed by atoms with Crippen LogP contribution < -0.4 is 0 Å². The van der Waals surface area contributed by atoms with Crippen molar-refractivity contribution < 1.29 is 18.3 Å². The SMILES string of the molecule is OC1(c2cccc(C(F)(F)F)c2)CCN(C2CCC3CCCCC3C2)CC1. The van der Waals surface area contributed by atoms with Gasteiger partial charge in [-0.1, -0.05) is 37.8 Å². The predicted octanol–water partition coefficient (Wildman–Crippen LogP) is 5.35. The van der Waals surface area contributed by atoms with E-state index in [-0.39, 0.29) is 0 Å². The van der Waals surface area contributed by atoms with Crippen LogP contribution in [0.15, 0.2) is 24.3 Å². The molecule has 150 valence electrons. The van der Waals surface area contributed by atoms with Crippen LogP contribution in [0.2, 0.25) is 0 Å². The Balaban J connectivity index is 1.40. The number of hydrogen-bond acceptors (Lipinski definition) is 2. The Bertz CT molecular complexity index is 651. The van der Waals surface area contributed by atoms with Crippen LogP contribution in [0.25, 0.3) is 0 Å². The fourth-order valence-electron chi connectivity index (χ4n) is 5.71. The Morgan fingerprint density at radius 2 is 1.67 bits per heavy atom. The van der Waals surface area contributed by atoms with Gasteiger partial charge in [0.05, 0.1) is 11.2 Å². The first kappa shape index (κ1) is 19.3. The van der Waals surface area contributed by atoms with Crippen LogP contribution in [0.3, 0.4) is 0 Å². The normalized spacial score (nSPS) is 32.1. The van der Waals surface area contributed by atoms with E-state index in [1.54, 1.807) is 6.07 Å². The molecular weight excluding hydrogens is 351 g/mol. The Morgan fingerprint density at radius 3 is 2.37 bits per heavy atom. The van der Waals surface area contributed by atoms with Gasteiger partial charge in [-0.25, -0.2) is 0 Å². The molecule has 1 heterocycles. The average Bonchev–Trinajstić information content (AvgIpc) is 2.68. The van der Waals surface area contributed by atoms with E-state index in [4.69, 9.17) is 0 Å². The Morgan fingerprint density at radius 1 is 0.963 bits per heavy atom. The lowest BCUT2D eigenvalue weighted by Gasteiger charge is -2.47. The molecular formula is C22H30F3NO. The average molecular weight is 381 g/mol. The molecule has 1 aromatic rings. The summed E-state index contributed by atoms with van der Waals surface area (Å²) in [5, 5.41) is 11.0. The Labute approximate surface area is 159 Å². The van der Waals surface area contributed by atoms with Crippen molar-refractivity contribution in [1.82, 2.24) is 4.90 Å². The number of nitrogens with zero attached hydrogens (tertiary/aromatic N) is 1. The van der Waals surface area contributed by atoms with Gasteiger partial charge in [0.1, 0.15) is 0 Å². The van der Waals surface area contributed by atoms with Gasteiger partial charge in [-0.15, -0.1) is 0 Å². The summed E-state index contributed by atoms with van der Waals surface area (Å²) in [5.74, 6) is 1.78. The number of alkyl halides is 3. The summed E-state index contributed by atoms with van der Waals surface area (Å²) in [5.41, 5.74) is -1.40. The minimum atomic E-state index is -4.37. The minimum Gasteiger partial charge on any atom is -0.385 e. The van der Waals surface area contributed by atoms with Crippen LogP contribution in [0.4, 0.5) is 13.2 Å². The number of benzene rings is 1. The Hall–Kier alpha value is -1.07. The fourth-order valence-corrected chi connectivity index (χ4v) is 5.71. The third-order valence-electron chi connectivity index (χ3n) is 7.38. The fraction of sp³-hybridized carbons (Fsp3) is 0.727. The van der Waals surface area contributed by atoms with Crippen molar-refractivity contribution in [2.45, 2.75) is 75.6 Å². The quantitative estimate of drug-likeness (QED) is 0.747. The maximum atomic E-state index is 13.0. The van der Waals surface area contributed by atoms with Crippen molar-refractivity contribution in [3.05, 3.63) is 35.4 Å². The van der Waals surface area contributed by atoms with E-state index in [9.17, 15) is 18.3 Å². The number of halogens is 3. The van der Waals surface area contributed by atoms with Crippen LogP contribution >= 0.6 is 0 Å². The van der Waals surface area contributed by atoms with Crippen LogP contribution in [0, 0.1) is 11.8 Å². The van der Waals surface area contributed by atoms with Crippen molar-refractivity contribution in [2.24, 2.45) is 11.8 Å². The van der Waals surface area contributed by atoms with Crippen molar-refractivity contribution >= 4 is 0 Å². The summed E-state index contributed by atoms with van der Waals surface area (Å²) in [4.78, 5) is 2.49. The van der Waals surface area contributed by atoms with Crippen LogP contribution in [0.1, 0.15) is 68.9 Å². The largest absolute Gasteiger partial charge is 0.416 e. The van der Waals surface area contributed by atoms with Crippen LogP contribution in [0.5, 0.6) is 0 Å². The lowest BCUT2D eigenvalue weighted by Crippen LogP contribution is -2.49. The zero-order valence-electron chi connectivity index (χ0n) is 15.8. The second kappa shape index (κ2) is 7.40. The summed E-state index contributed by atoms with van der Waals surface area (Å²) in [7, 11) is 0. The highest BCUT2D eigenvalue weighted by molar-refractivity contribution is 5.30. The van der Waals surface area contributed by atoms with Crippen molar-refractivity contribution in [2.75, 3.05) is 13.1 Å². The van der Waals surface area contributed by atoms with Crippen molar-refractivity contribution in [3.63, 3.8) is 0 Å². The highest BCUT2D eigenvalue weighted by Gasteiger charge is 2.40. The lowest BCUT2D eigenvalue weighted by atomic mass is 9.69. The highest BCUT2D eigenvalue weighted by Crippen LogP contribution is 2.43. The standard InChI is InChI=1S/C22H30F3NO/c23-22(24,25)19-7-3-6-18(15-19)21(27)10-12-26(13-11-21)20-9-8-16-4-1-2-5-17(16)14-20/h3,6-7,15-17,20,27H,1-2,4-5,8-14H2. The van der Waals surface area contributed by atoms with E-state index >= 15 is 0 Å². The molecule has 1 aliphatic heterocycles. The molecule has 27 heavy (non-hydrogen) atoms. The number of likely N-dealkylation sites (tertiary alicyclic amines) is 1. The lowest BCUT2D eigenvalue weighted by molar-refractivity contribution is -0.137. The predicted molar refractivity (Wildman–Crippen MR) is 99.2 cm³/mol. The van der Waals surface area contributed by atoms with Crippen LogP contribution in [-0.2, 0) is 11.8 Å². The molecule has 3 aliphatic rings. The molecule has 2 saturated carbocycles. The summed E-state index contributed by atoms with van der Waals surface area (Å²) in [6.07, 6.45) is 6.00. The van der Waals surface area contributed by atoms with Gasteiger partial charge in [0.2, 0.25) is 0 Å². The van der Waals surface area contributed by atoms with Gasteiger partial charge in [0.25, 0.3) is 0 Å². The Kier molecular flexibility index (Phi) is 5.28. The molecule has 3 unspecified atom stereocenters. The smallest absolute Gasteiger partial charge is 0.385 e. The van der Waals surface area contributed by atoms with Gasteiger partial charge in [-0.05, 0) is 61.6 Å². The monoisotopic (exact) mass is 381 g/mol. The van der Waals surface area contributed by atoms with Gasteiger partial charge in [0, 0.05) is 19.1 Å². The molecule has 1 N–H and O–H groups in total. The number of fused-ring (bicyclic) bond motifs is 1. The molecule has 5 heteroatoms. The molecule has 2 aliphatic carbocycles. The maximum absolute atomic E-state index is 13.0. The first-order valence-electron chi connectivity index (χ1n) is 10.5. The number of rotatable bonds is 2. The molecule has 0 radical (unpaired) electrons. The molecule has 1 aromatic carbocycles. The molecule has 3 atom stereocenters. The van der Waals surface area contributed by atoms with Gasteiger partial charge in [0.15, 0.2) is 0 Å². The molecule has 4 rings (SSSR count). The highest BCUT2D eigenvalue weighted by atomic mass is 19.4.